The van der Waals surface area contributed by atoms with E-state index in [0.29, 0.717) is 10.4 Å². The molecular formula is C17H14N2O2S. The second kappa shape index (κ2) is 6.49. The van der Waals surface area contributed by atoms with Gasteiger partial charge in [-0.3, -0.25) is 4.79 Å². The van der Waals surface area contributed by atoms with Crippen molar-refractivity contribution in [3.8, 4) is 5.75 Å². The Hall–Kier alpha value is -2.53. The second-order valence-electron chi connectivity index (χ2n) is 4.80. The molecule has 2 heterocycles. The molecule has 0 saturated heterocycles. The van der Waals surface area contributed by atoms with Gasteiger partial charge in [0.25, 0.3) is 0 Å². The lowest BCUT2D eigenvalue weighted by Crippen LogP contribution is -1.99. The zero-order valence-electron chi connectivity index (χ0n) is 12.0. The first-order valence-electron chi connectivity index (χ1n) is 6.76. The smallest absolute Gasteiger partial charge is 0.206 e. The second-order valence-corrected chi connectivity index (χ2v) is 5.72. The Morgan fingerprint density at radius 2 is 2.00 bits per heavy atom. The normalized spacial score (nSPS) is 10.4. The Balaban J connectivity index is 1.77. The average Bonchev–Trinajstić information content (AvgIpc) is 3.03. The van der Waals surface area contributed by atoms with Crippen LogP contribution in [0.5, 0.6) is 5.75 Å². The van der Waals surface area contributed by atoms with Crippen LogP contribution in [0.15, 0.2) is 54.4 Å². The van der Waals surface area contributed by atoms with Gasteiger partial charge < -0.3 is 4.74 Å². The molecule has 0 unspecified atom stereocenters. The van der Waals surface area contributed by atoms with Crippen molar-refractivity contribution in [2.24, 2.45) is 0 Å². The van der Waals surface area contributed by atoms with E-state index in [-0.39, 0.29) is 5.78 Å². The molecule has 0 aliphatic rings. The number of nitrogens with zero attached hydrogens (tertiary/aromatic N) is 2. The third kappa shape index (κ3) is 3.20. The molecule has 0 bridgehead atoms. The highest BCUT2D eigenvalue weighted by Crippen LogP contribution is 2.22. The van der Waals surface area contributed by atoms with E-state index in [9.17, 15) is 4.79 Å². The van der Waals surface area contributed by atoms with Gasteiger partial charge in [0.2, 0.25) is 5.78 Å². The number of rotatable bonds is 5. The number of aromatic nitrogens is 2. The molecule has 0 aliphatic carbocycles. The van der Waals surface area contributed by atoms with Crippen LogP contribution in [0.4, 0.5) is 0 Å². The monoisotopic (exact) mass is 310 g/mol. The van der Waals surface area contributed by atoms with Crippen LogP contribution in [0.25, 0.3) is 0 Å². The van der Waals surface area contributed by atoms with Gasteiger partial charge in [-0.15, -0.1) is 11.3 Å². The number of methoxy groups -OCH3 is 1. The van der Waals surface area contributed by atoms with Crippen molar-refractivity contribution in [1.29, 1.82) is 0 Å². The maximum Gasteiger partial charge on any atom is 0.206 e. The molecule has 0 spiro atoms. The van der Waals surface area contributed by atoms with Crippen LogP contribution in [0.2, 0.25) is 0 Å². The molecule has 0 atom stereocenters. The highest BCUT2D eigenvalue weighted by molar-refractivity contribution is 7.12. The van der Waals surface area contributed by atoms with E-state index in [1.165, 1.54) is 30.1 Å². The van der Waals surface area contributed by atoms with Crippen molar-refractivity contribution in [1.82, 2.24) is 9.97 Å². The summed E-state index contributed by atoms with van der Waals surface area (Å²) in [6.07, 6.45) is 5.26. The number of carbonyl (C=O) groups excluding carboxylic acids is 1. The van der Waals surface area contributed by atoms with Gasteiger partial charge in [-0.05, 0) is 41.1 Å². The molecule has 4 nitrogen and oxygen atoms in total. The van der Waals surface area contributed by atoms with Gasteiger partial charge in [0, 0.05) is 12.4 Å². The van der Waals surface area contributed by atoms with Crippen LogP contribution in [0, 0.1) is 0 Å². The Bertz CT molecular complexity index is 784. The fourth-order valence-electron chi connectivity index (χ4n) is 2.16. The molecule has 0 N–H and O–H groups in total. The Labute approximate surface area is 132 Å². The van der Waals surface area contributed by atoms with Gasteiger partial charge in [0.05, 0.1) is 17.6 Å². The molecule has 3 aromatic rings. The Morgan fingerprint density at radius 1 is 1.18 bits per heavy atom. The summed E-state index contributed by atoms with van der Waals surface area (Å²) in [5.74, 6) is 0.799. The van der Waals surface area contributed by atoms with Crippen molar-refractivity contribution in [3.05, 3.63) is 76.0 Å². The van der Waals surface area contributed by atoms with Crippen LogP contribution < -0.4 is 4.74 Å². The van der Waals surface area contributed by atoms with Gasteiger partial charge in [0.1, 0.15) is 12.1 Å². The number of benzene rings is 1. The lowest BCUT2D eigenvalue weighted by molar-refractivity contribution is 0.104. The van der Waals surface area contributed by atoms with Gasteiger partial charge in [-0.2, -0.15) is 0 Å². The van der Waals surface area contributed by atoms with E-state index in [1.54, 1.807) is 7.11 Å². The fraction of sp³-hybridized carbons (Fsp3) is 0.118. The molecule has 0 radical (unpaired) electrons. The third-order valence-electron chi connectivity index (χ3n) is 3.24. The van der Waals surface area contributed by atoms with E-state index in [2.05, 4.69) is 9.97 Å². The quantitative estimate of drug-likeness (QED) is 0.678. The molecule has 3 rings (SSSR count). The first kappa shape index (κ1) is 14.4. The highest BCUT2D eigenvalue weighted by Gasteiger charge is 2.12. The molecular weight excluding hydrogens is 296 g/mol. The van der Waals surface area contributed by atoms with E-state index in [4.69, 9.17) is 4.74 Å². The van der Waals surface area contributed by atoms with Crippen molar-refractivity contribution in [3.63, 3.8) is 0 Å². The number of hydrogen-bond donors (Lipinski definition) is 0. The Kier molecular flexibility index (Phi) is 4.25. The van der Waals surface area contributed by atoms with Crippen molar-refractivity contribution < 1.29 is 9.53 Å². The fourth-order valence-corrected chi connectivity index (χ4v) is 3.04. The summed E-state index contributed by atoms with van der Waals surface area (Å²) in [5.41, 5.74) is 2.77. The molecule has 0 fully saturated rings. The number of ether oxygens (including phenoxy) is 1. The van der Waals surface area contributed by atoms with E-state index in [1.807, 2.05) is 35.7 Å². The molecule has 0 amide bonds. The number of hydrogen-bond acceptors (Lipinski definition) is 5. The number of carbonyl (C=O) groups is 1. The molecule has 2 aromatic heterocycles. The molecule has 110 valence electrons. The van der Waals surface area contributed by atoms with Crippen molar-refractivity contribution >= 4 is 17.1 Å². The average molecular weight is 310 g/mol. The molecule has 1 aromatic carbocycles. The molecule has 22 heavy (non-hydrogen) atoms. The van der Waals surface area contributed by atoms with Crippen molar-refractivity contribution in [2.45, 2.75) is 6.42 Å². The molecule has 0 saturated carbocycles. The minimum atomic E-state index is -0.0394. The predicted molar refractivity (Wildman–Crippen MR) is 85.6 cm³/mol. The first-order chi connectivity index (χ1) is 10.8. The summed E-state index contributed by atoms with van der Waals surface area (Å²) in [4.78, 5) is 20.8. The number of thiophene rings is 1. The zero-order valence-corrected chi connectivity index (χ0v) is 12.8. The van der Waals surface area contributed by atoms with Gasteiger partial charge >= 0.3 is 0 Å². The summed E-state index contributed by atoms with van der Waals surface area (Å²) in [5, 5.41) is 2.01. The zero-order chi connectivity index (χ0) is 15.4. The minimum Gasteiger partial charge on any atom is -0.497 e. The highest BCUT2D eigenvalue weighted by atomic mass is 32.1. The lowest BCUT2D eigenvalue weighted by Gasteiger charge is -2.03. The topological polar surface area (TPSA) is 52.1 Å². The maximum absolute atomic E-state index is 12.3. The molecule has 5 heteroatoms. The van der Waals surface area contributed by atoms with Gasteiger partial charge in [-0.25, -0.2) is 9.97 Å². The third-order valence-corrected chi connectivity index (χ3v) is 4.22. The summed E-state index contributed by atoms with van der Waals surface area (Å²) >= 11 is 1.45. The lowest BCUT2D eigenvalue weighted by atomic mass is 10.1. The summed E-state index contributed by atoms with van der Waals surface area (Å²) in [6, 6.07) is 9.87. The van der Waals surface area contributed by atoms with Gasteiger partial charge in [-0.1, -0.05) is 12.1 Å². The van der Waals surface area contributed by atoms with E-state index >= 15 is 0 Å². The van der Waals surface area contributed by atoms with Crippen molar-refractivity contribution in [2.75, 3.05) is 7.11 Å². The maximum atomic E-state index is 12.3. The van der Waals surface area contributed by atoms with E-state index in [0.717, 1.165) is 23.3 Å². The SMILES string of the molecule is COc1cccc(Cc2csc(C(=O)c3cncnc3)c2)c1. The summed E-state index contributed by atoms with van der Waals surface area (Å²) in [7, 11) is 1.66. The van der Waals surface area contributed by atoms with Crippen LogP contribution in [0.1, 0.15) is 26.4 Å². The Morgan fingerprint density at radius 3 is 2.77 bits per heavy atom. The predicted octanol–water partition coefficient (Wildman–Crippen LogP) is 3.37. The van der Waals surface area contributed by atoms with Crippen LogP contribution in [-0.2, 0) is 6.42 Å². The van der Waals surface area contributed by atoms with Crippen LogP contribution >= 0.6 is 11.3 Å². The number of ketones is 1. The largest absolute Gasteiger partial charge is 0.497 e. The first-order valence-corrected chi connectivity index (χ1v) is 7.64. The standard InChI is InChI=1S/C17H14N2O2S/c1-21-15-4-2-3-12(6-15)5-13-7-16(22-10-13)17(20)14-8-18-11-19-9-14/h2-4,6-11H,5H2,1H3. The summed E-state index contributed by atoms with van der Waals surface area (Å²) < 4.78 is 5.23. The minimum absolute atomic E-state index is 0.0394. The van der Waals surface area contributed by atoms with E-state index < -0.39 is 0 Å². The summed E-state index contributed by atoms with van der Waals surface area (Å²) in [6.45, 7) is 0. The van der Waals surface area contributed by atoms with Crippen LogP contribution in [0.3, 0.4) is 0 Å². The molecule has 0 aliphatic heterocycles. The van der Waals surface area contributed by atoms with Gasteiger partial charge in [0.15, 0.2) is 0 Å². The van der Waals surface area contributed by atoms with Crippen LogP contribution in [-0.4, -0.2) is 22.9 Å².